The molecule has 0 atom stereocenters. The summed E-state index contributed by atoms with van der Waals surface area (Å²) in [7, 11) is 0. The average Bonchev–Trinajstić information content (AvgIpc) is 2.77. The van der Waals surface area contributed by atoms with E-state index in [1.165, 1.54) is 24.3 Å². The first-order valence-corrected chi connectivity index (χ1v) is 9.14. The number of aromatic hydroxyl groups is 1. The van der Waals surface area contributed by atoms with Gasteiger partial charge in [0.2, 0.25) is 0 Å². The largest absolute Gasteiger partial charge is 0.508 e. The minimum Gasteiger partial charge on any atom is -0.508 e. The predicted molar refractivity (Wildman–Crippen MR) is 110 cm³/mol. The fraction of sp³-hybridized carbons (Fsp3) is 0.0417. The summed E-state index contributed by atoms with van der Waals surface area (Å²) in [6, 6.07) is 20.6. The second-order valence-electron chi connectivity index (χ2n) is 6.59. The maximum Gasteiger partial charge on any atom is 0.339 e. The van der Waals surface area contributed by atoms with Gasteiger partial charge in [0.1, 0.15) is 17.9 Å². The Morgan fingerprint density at radius 2 is 1.57 bits per heavy atom. The third-order valence-electron chi connectivity index (χ3n) is 4.60. The number of fused-ring (bicyclic) bond motifs is 1. The first-order valence-electron chi connectivity index (χ1n) is 9.14. The topological polar surface area (TPSA) is 93.8 Å². The van der Waals surface area contributed by atoms with E-state index >= 15 is 0 Å². The standard InChI is InChI=1S/C24H16O6/c25-17-10-11-18-16(12-22(26)30-21(18)13-17)14-29-24(28)20-9-5-4-8-19(20)23(27)15-6-2-1-3-7-15/h1-13,25H,14H2. The van der Waals surface area contributed by atoms with Gasteiger partial charge in [-0.3, -0.25) is 4.79 Å². The Balaban J connectivity index is 1.61. The molecule has 6 heteroatoms. The van der Waals surface area contributed by atoms with E-state index in [1.54, 1.807) is 54.6 Å². The van der Waals surface area contributed by atoms with Crippen LogP contribution < -0.4 is 5.63 Å². The summed E-state index contributed by atoms with van der Waals surface area (Å²) in [5.41, 5.74) is 0.824. The van der Waals surface area contributed by atoms with Gasteiger partial charge >= 0.3 is 11.6 Å². The molecule has 0 aliphatic rings. The van der Waals surface area contributed by atoms with Crippen LogP contribution >= 0.6 is 0 Å². The summed E-state index contributed by atoms with van der Waals surface area (Å²) in [4.78, 5) is 37.3. The molecule has 1 aromatic heterocycles. The van der Waals surface area contributed by atoms with Crippen LogP contribution in [0.25, 0.3) is 11.0 Å². The minimum absolute atomic E-state index is 0.0480. The molecule has 0 spiro atoms. The monoisotopic (exact) mass is 400 g/mol. The zero-order valence-electron chi connectivity index (χ0n) is 15.7. The smallest absolute Gasteiger partial charge is 0.339 e. The van der Waals surface area contributed by atoms with Gasteiger partial charge in [-0.2, -0.15) is 0 Å². The highest BCUT2D eigenvalue weighted by Crippen LogP contribution is 2.23. The summed E-state index contributed by atoms with van der Waals surface area (Å²) in [6.07, 6.45) is 0. The minimum atomic E-state index is -0.685. The van der Waals surface area contributed by atoms with Crippen molar-refractivity contribution < 1.29 is 23.8 Å². The Morgan fingerprint density at radius 1 is 0.867 bits per heavy atom. The molecule has 0 aliphatic heterocycles. The first kappa shape index (κ1) is 19.1. The number of hydrogen-bond acceptors (Lipinski definition) is 6. The SMILES string of the molecule is O=C(OCc1cc(=O)oc2cc(O)ccc12)c1ccccc1C(=O)c1ccccc1. The lowest BCUT2D eigenvalue weighted by molar-refractivity contribution is 0.0471. The average molecular weight is 400 g/mol. The number of esters is 1. The van der Waals surface area contributed by atoms with Crippen LogP contribution in [0.15, 0.2) is 88.1 Å². The van der Waals surface area contributed by atoms with Gasteiger partial charge in [-0.15, -0.1) is 0 Å². The van der Waals surface area contributed by atoms with E-state index in [2.05, 4.69) is 0 Å². The van der Waals surface area contributed by atoms with Crippen molar-refractivity contribution in [3.05, 3.63) is 112 Å². The van der Waals surface area contributed by atoms with Crippen molar-refractivity contribution in [3.8, 4) is 5.75 Å². The lowest BCUT2D eigenvalue weighted by atomic mass is 9.98. The van der Waals surface area contributed by atoms with Crippen molar-refractivity contribution >= 4 is 22.7 Å². The maximum atomic E-state index is 12.8. The maximum absolute atomic E-state index is 12.8. The number of rotatable bonds is 5. The highest BCUT2D eigenvalue weighted by Gasteiger charge is 2.19. The highest BCUT2D eigenvalue weighted by molar-refractivity contribution is 6.14. The lowest BCUT2D eigenvalue weighted by Gasteiger charge is -2.10. The Kier molecular flexibility index (Phi) is 5.13. The van der Waals surface area contributed by atoms with Crippen molar-refractivity contribution in [2.45, 2.75) is 6.61 Å². The molecule has 1 heterocycles. The van der Waals surface area contributed by atoms with Crippen molar-refractivity contribution in [2.75, 3.05) is 0 Å². The molecule has 1 N–H and O–H groups in total. The van der Waals surface area contributed by atoms with Crippen LogP contribution in [0.2, 0.25) is 0 Å². The molecule has 4 rings (SSSR count). The summed E-state index contributed by atoms with van der Waals surface area (Å²) < 4.78 is 10.5. The second kappa shape index (κ2) is 8.05. The molecule has 0 fully saturated rings. The predicted octanol–water partition coefficient (Wildman–Crippen LogP) is 4.09. The number of phenolic OH excluding ortho intramolecular Hbond substituents is 1. The number of ketones is 1. The van der Waals surface area contributed by atoms with Crippen LogP contribution in [-0.4, -0.2) is 16.9 Å². The molecular weight excluding hydrogens is 384 g/mol. The molecule has 0 saturated heterocycles. The van der Waals surface area contributed by atoms with E-state index in [0.717, 1.165) is 0 Å². The lowest BCUT2D eigenvalue weighted by Crippen LogP contribution is -2.13. The molecule has 148 valence electrons. The van der Waals surface area contributed by atoms with Gasteiger partial charge in [0.25, 0.3) is 0 Å². The Labute approximate surface area is 171 Å². The number of carbonyl (C=O) groups excluding carboxylic acids is 2. The van der Waals surface area contributed by atoms with Gasteiger partial charge in [-0.1, -0.05) is 48.5 Å². The third-order valence-corrected chi connectivity index (χ3v) is 4.60. The Morgan fingerprint density at radius 3 is 2.33 bits per heavy atom. The zero-order valence-corrected chi connectivity index (χ0v) is 15.7. The normalized spacial score (nSPS) is 10.7. The molecule has 0 amide bonds. The van der Waals surface area contributed by atoms with E-state index in [1.807, 2.05) is 0 Å². The first-order chi connectivity index (χ1) is 14.5. The number of phenols is 1. The molecule has 30 heavy (non-hydrogen) atoms. The van der Waals surface area contributed by atoms with Crippen molar-refractivity contribution in [3.63, 3.8) is 0 Å². The number of hydrogen-bond donors (Lipinski definition) is 1. The molecule has 0 radical (unpaired) electrons. The Hall–Kier alpha value is -4.19. The molecule has 4 aromatic rings. The van der Waals surface area contributed by atoms with Crippen LogP contribution in [-0.2, 0) is 11.3 Å². The van der Waals surface area contributed by atoms with E-state index in [0.29, 0.717) is 16.5 Å². The van der Waals surface area contributed by atoms with Crippen molar-refractivity contribution in [2.24, 2.45) is 0 Å². The van der Waals surface area contributed by atoms with E-state index in [-0.39, 0.29) is 34.8 Å². The van der Waals surface area contributed by atoms with Crippen LogP contribution in [0.4, 0.5) is 0 Å². The van der Waals surface area contributed by atoms with Gasteiger partial charge in [0, 0.05) is 34.2 Å². The van der Waals surface area contributed by atoms with Crippen LogP contribution in [0.1, 0.15) is 31.8 Å². The molecule has 0 saturated carbocycles. The molecule has 6 nitrogen and oxygen atoms in total. The number of ether oxygens (including phenoxy) is 1. The number of carbonyl (C=O) groups is 2. The summed E-state index contributed by atoms with van der Waals surface area (Å²) >= 11 is 0. The van der Waals surface area contributed by atoms with Gasteiger partial charge < -0.3 is 14.3 Å². The van der Waals surface area contributed by atoms with Gasteiger partial charge in [-0.25, -0.2) is 9.59 Å². The third kappa shape index (κ3) is 3.84. The van der Waals surface area contributed by atoms with Gasteiger partial charge in [0.05, 0.1) is 5.56 Å². The zero-order chi connectivity index (χ0) is 21.1. The van der Waals surface area contributed by atoms with E-state index in [9.17, 15) is 19.5 Å². The summed E-state index contributed by atoms with van der Waals surface area (Å²) in [5, 5.41) is 10.1. The number of benzene rings is 3. The van der Waals surface area contributed by atoms with Crippen LogP contribution in [0.5, 0.6) is 5.75 Å². The fourth-order valence-corrected chi connectivity index (χ4v) is 3.16. The van der Waals surface area contributed by atoms with Crippen molar-refractivity contribution in [1.82, 2.24) is 0 Å². The van der Waals surface area contributed by atoms with E-state index < -0.39 is 11.6 Å². The quantitative estimate of drug-likeness (QED) is 0.308. The van der Waals surface area contributed by atoms with Crippen molar-refractivity contribution in [1.29, 1.82) is 0 Å². The van der Waals surface area contributed by atoms with E-state index in [4.69, 9.17) is 9.15 Å². The molecular formula is C24H16O6. The van der Waals surface area contributed by atoms with Crippen LogP contribution in [0.3, 0.4) is 0 Å². The Bertz CT molecular complexity index is 1300. The fourth-order valence-electron chi connectivity index (χ4n) is 3.16. The summed E-state index contributed by atoms with van der Waals surface area (Å²) in [6.45, 7) is -0.195. The van der Waals surface area contributed by atoms with Crippen LogP contribution in [0, 0.1) is 0 Å². The van der Waals surface area contributed by atoms with Gasteiger partial charge in [-0.05, 0) is 18.2 Å². The molecule has 0 unspecified atom stereocenters. The molecule has 0 bridgehead atoms. The highest BCUT2D eigenvalue weighted by atomic mass is 16.5. The van der Waals surface area contributed by atoms with Gasteiger partial charge in [0.15, 0.2) is 5.78 Å². The summed E-state index contributed by atoms with van der Waals surface area (Å²) in [5.74, 6) is -1.02. The second-order valence-corrected chi connectivity index (χ2v) is 6.59. The molecule has 3 aromatic carbocycles. The molecule has 0 aliphatic carbocycles.